The highest BCUT2D eigenvalue weighted by Gasteiger charge is 2.41. The summed E-state index contributed by atoms with van der Waals surface area (Å²) >= 11 is 0. The van der Waals surface area contributed by atoms with Gasteiger partial charge in [0.05, 0.1) is 0 Å². The Bertz CT molecular complexity index is 460. The van der Waals surface area contributed by atoms with Gasteiger partial charge in [0, 0.05) is 0 Å². The molecule has 0 saturated heterocycles. The smallest absolute Gasteiger partial charge is 0.219 e. The van der Waals surface area contributed by atoms with Gasteiger partial charge in [0.1, 0.15) is 4.75 Å². The molecule has 0 aromatic heterocycles. The Kier molecular flexibility index (Phi) is 6.01. The second kappa shape index (κ2) is 7.06. The molecular weight excluding hydrogens is 258 g/mol. The average Bonchev–Trinajstić information content (AvgIpc) is 2.39. The van der Waals surface area contributed by atoms with Crippen LogP contribution in [0.3, 0.4) is 0 Å². The maximum absolute atomic E-state index is 12.2. The molecule has 0 bridgehead atoms. The summed E-state index contributed by atoms with van der Waals surface area (Å²) in [5, 5.41) is 5.60. The monoisotopic (exact) mass is 283 g/mol. The first-order valence-electron chi connectivity index (χ1n) is 7.06. The molecule has 0 spiro atoms. The third-order valence-electron chi connectivity index (χ3n) is 3.71. The number of benzene rings is 1. The minimum atomic E-state index is -3.62. The fraction of sp³-hybridized carbons (Fsp3) is 0.600. The molecule has 0 fully saturated rings. The Morgan fingerprint density at radius 2 is 1.47 bits per heavy atom. The van der Waals surface area contributed by atoms with Crippen molar-refractivity contribution in [3.05, 3.63) is 35.9 Å². The van der Waals surface area contributed by atoms with Gasteiger partial charge < -0.3 is 0 Å². The Balaban J connectivity index is 3.26. The zero-order valence-electron chi connectivity index (χ0n) is 11.9. The average molecular weight is 283 g/mol. The first-order valence-corrected chi connectivity index (χ1v) is 8.60. The molecule has 19 heavy (non-hydrogen) atoms. The zero-order chi connectivity index (χ0) is 14.4. The van der Waals surface area contributed by atoms with Crippen LogP contribution < -0.4 is 5.14 Å². The van der Waals surface area contributed by atoms with Crippen LogP contribution in [-0.4, -0.2) is 8.42 Å². The van der Waals surface area contributed by atoms with Gasteiger partial charge >= 0.3 is 0 Å². The van der Waals surface area contributed by atoms with Crippen LogP contribution >= 0.6 is 0 Å². The fourth-order valence-corrected chi connectivity index (χ4v) is 3.85. The summed E-state index contributed by atoms with van der Waals surface area (Å²) in [6.07, 6.45) is 4.88. The molecule has 0 aliphatic carbocycles. The molecule has 0 unspecified atom stereocenters. The Morgan fingerprint density at radius 3 is 1.84 bits per heavy atom. The Morgan fingerprint density at radius 1 is 1.00 bits per heavy atom. The van der Waals surface area contributed by atoms with Gasteiger partial charge in [-0.3, -0.25) is 0 Å². The van der Waals surface area contributed by atoms with E-state index >= 15 is 0 Å². The lowest BCUT2D eigenvalue weighted by Gasteiger charge is -2.32. The Labute approximate surface area is 117 Å². The van der Waals surface area contributed by atoms with Crippen LogP contribution in [0.25, 0.3) is 0 Å². The highest BCUT2D eigenvalue weighted by atomic mass is 32.2. The first-order chi connectivity index (χ1) is 8.98. The molecule has 0 aliphatic rings. The molecular formula is C15H25NO2S. The van der Waals surface area contributed by atoms with Crippen molar-refractivity contribution in [3.8, 4) is 0 Å². The summed E-state index contributed by atoms with van der Waals surface area (Å²) in [6.45, 7) is 4.14. The quantitative estimate of drug-likeness (QED) is 0.793. The molecule has 0 aliphatic heterocycles. The van der Waals surface area contributed by atoms with Gasteiger partial charge in [0.15, 0.2) is 0 Å². The van der Waals surface area contributed by atoms with Crippen molar-refractivity contribution < 1.29 is 8.42 Å². The van der Waals surface area contributed by atoms with Crippen LogP contribution in [0.15, 0.2) is 30.3 Å². The maximum atomic E-state index is 12.2. The molecule has 2 N–H and O–H groups in total. The predicted molar refractivity (Wildman–Crippen MR) is 80.3 cm³/mol. The van der Waals surface area contributed by atoms with E-state index in [2.05, 4.69) is 13.8 Å². The van der Waals surface area contributed by atoms with E-state index in [9.17, 15) is 8.42 Å². The van der Waals surface area contributed by atoms with Crippen LogP contribution in [0.1, 0.15) is 57.9 Å². The number of primary sulfonamides is 1. The van der Waals surface area contributed by atoms with Gasteiger partial charge in [-0.25, -0.2) is 13.6 Å². The maximum Gasteiger partial charge on any atom is 0.219 e. The highest BCUT2D eigenvalue weighted by molar-refractivity contribution is 7.90. The SMILES string of the molecule is CCCCC(CCCC)(c1ccccc1)S(N)(=O)=O. The van der Waals surface area contributed by atoms with Gasteiger partial charge in [0.25, 0.3) is 0 Å². The summed E-state index contributed by atoms with van der Waals surface area (Å²) < 4.78 is 23.6. The first kappa shape index (κ1) is 16.2. The van der Waals surface area contributed by atoms with E-state index in [1.165, 1.54) is 0 Å². The lowest BCUT2D eigenvalue weighted by Crippen LogP contribution is -2.41. The number of hydrogen-bond donors (Lipinski definition) is 1. The van der Waals surface area contributed by atoms with E-state index in [0.29, 0.717) is 12.8 Å². The molecule has 0 radical (unpaired) electrons. The number of unbranched alkanes of at least 4 members (excludes halogenated alkanes) is 2. The number of hydrogen-bond acceptors (Lipinski definition) is 2. The van der Waals surface area contributed by atoms with Gasteiger partial charge in [0.2, 0.25) is 10.0 Å². The lowest BCUT2D eigenvalue weighted by atomic mass is 9.88. The third-order valence-corrected chi connectivity index (χ3v) is 5.45. The molecule has 1 aromatic rings. The van der Waals surface area contributed by atoms with Gasteiger partial charge in [-0.15, -0.1) is 0 Å². The second-order valence-electron chi connectivity index (χ2n) is 5.11. The van der Waals surface area contributed by atoms with Crippen molar-refractivity contribution >= 4 is 10.0 Å². The van der Waals surface area contributed by atoms with Crippen molar-refractivity contribution in [1.29, 1.82) is 0 Å². The number of sulfonamides is 1. The fourth-order valence-electron chi connectivity index (χ4n) is 2.53. The van der Waals surface area contributed by atoms with Crippen LogP contribution in [0, 0.1) is 0 Å². The largest absolute Gasteiger partial charge is 0.228 e. The van der Waals surface area contributed by atoms with E-state index in [1.54, 1.807) is 0 Å². The zero-order valence-corrected chi connectivity index (χ0v) is 12.7. The topological polar surface area (TPSA) is 60.2 Å². The predicted octanol–water partition coefficient (Wildman–Crippen LogP) is 3.55. The van der Waals surface area contributed by atoms with Crippen molar-refractivity contribution in [2.45, 2.75) is 57.1 Å². The van der Waals surface area contributed by atoms with Crippen LogP contribution in [0.2, 0.25) is 0 Å². The minimum absolute atomic E-state index is 0.604. The van der Waals surface area contributed by atoms with Crippen LogP contribution in [-0.2, 0) is 14.8 Å². The molecule has 0 heterocycles. The molecule has 1 rings (SSSR count). The lowest BCUT2D eigenvalue weighted by molar-refractivity contribution is 0.438. The molecule has 4 heteroatoms. The normalized spacial score (nSPS) is 12.6. The van der Waals surface area contributed by atoms with Crippen LogP contribution in [0.4, 0.5) is 0 Å². The van der Waals surface area contributed by atoms with E-state index in [1.807, 2.05) is 30.3 Å². The summed E-state index contributed by atoms with van der Waals surface area (Å²) in [6, 6.07) is 9.43. The molecule has 0 amide bonds. The summed E-state index contributed by atoms with van der Waals surface area (Å²) in [5.74, 6) is 0. The molecule has 3 nitrogen and oxygen atoms in total. The van der Waals surface area contributed by atoms with Crippen molar-refractivity contribution in [2.75, 3.05) is 0 Å². The molecule has 1 aromatic carbocycles. The van der Waals surface area contributed by atoms with Gasteiger partial charge in [-0.2, -0.15) is 0 Å². The minimum Gasteiger partial charge on any atom is -0.228 e. The molecule has 108 valence electrons. The van der Waals surface area contributed by atoms with E-state index in [0.717, 1.165) is 31.2 Å². The standard InChI is InChI=1S/C15H25NO2S/c1-3-5-12-15(13-6-4-2,19(16,17)18)14-10-8-7-9-11-14/h7-11H,3-6,12-13H2,1-2H3,(H2,16,17,18). The number of nitrogens with two attached hydrogens (primary N) is 1. The summed E-state index contributed by atoms with van der Waals surface area (Å²) in [7, 11) is -3.62. The van der Waals surface area contributed by atoms with Gasteiger partial charge in [-0.05, 0) is 18.4 Å². The van der Waals surface area contributed by atoms with E-state index < -0.39 is 14.8 Å². The molecule has 0 atom stereocenters. The summed E-state index contributed by atoms with van der Waals surface area (Å²) in [4.78, 5) is 0. The van der Waals surface area contributed by atoms with E-state index in [4.69, 9.17) is 5.14 Å². The highest BCUT2D eigenvalue weighted by Crippen LogP contribution is 2.39. The van der Waals surface area contributed by atoms with Crippen molar-refractivity contribution in [2.24, 2.45) is 5.14 Å². The molecule has 0 saturated carbocycles. The summed E-state index contributed by atoms with van der Waals surface area (Å²) in [5.41, 5.74) is 0.833. The Hall–Kier alpha value is -0.870. The van der Waals surface area contributed by atoms with Crippen molar-refractivity contribution in [1.82, 2.24) is 0 Å². The third kappa shape index (κ3) is 3.80. The van der Waals surface area contributed by atoms with E-state index in [-0.39, 0.29) is 0 Å². The van der Waals surface area contributed by atoms with Gasteiger partial charge in [-0.1, -0.05) is 69.9 Å². The van der Waals surface area contributed by atoms with Crippen molar-refractivity contribution in [3.63, 3.8) is 0 Å². The second-order valence-corrected chi connectivity index (χ2v) is 6.98. The number of rotatable bonds is 8. The van der Waals surface area contributed by atoms with Crippen LogP contribution in [0.5, 0.6) is 0 Å².